The summed E-state index contributed by atoms with van der Waals surface area (Å²) in [5.74, 6) is -0.425. The molecule has 0 radical (unpaired) electrons. The van der Waals surface area contributed by atoms with E-state index in [0.29, 0.717) is 23.6 Å². The molecule has 0 atom stereocenters. The Morgan fingerprint density at radius 1 is 1.29 bits per heavy atom. The molecule has 1 amide bonds. The number of hydrogen-bond acceptors (Lipinski definition) is 6. The van der Waals surface area contributed by atoms with Gasteiger partial charge < -0.3 is 14.5 Å². The number of aromatic nitrogens is 1. The SMILES string of the molecule is CCOC(=O)c1cccc(NC(=O)c2ncoc2-c2cccs2)c1. The molecule has 1 aromatic carbocycles. The summed E-state index contributed by atoms with van der Waals surface area (Å²) in [6.45, 7) is 2.03. The van der Waals surface area contributed by atoms with Gasteiger partial charge in [-0.3, -0.25) is 4.79 Å². The van der Waals surface area contributed by atoms with Gasteiger partial charge in [-0.2, -0.15) is 0 Å². The summed E-state index contributed by atoms with van der Waals surface area (Å²) in [5, 5.41) is 4.61. The Labute approximate surface area is 142 Å². The second-order valence-electron chi connectivity index (χ2n) is 4.76. The fourth-order valence-corrected chi connectivity index (χ4v) is 2.83. The highest BCUT2D eigenvalue weighted by atomic mass is 32.1. The Bertz CT molecular complexity index is 855. The van der Waals surface area contributed by atoms with Crippen LogP contribution in [0.5, 0.6) is 0 Å². The molecule has 24 heavy (non-hydrogen) atoms. The van der Waals surface area contributed by atoms with Crippen molar-refractivity contribution in [3.63, 3.8) is 0 Å². The zero-order valence-corrected chi connectivity index (χ0v) is 13.6. The van der Waals surface area contributed by atoms with Gasteiger partial charge in [0.05, 0.1) is 17.0 Å². The van der Waals surface area contributed by atoms with E-state index >= 15 is 0 Å². The summed E-state index contributed by atoms with van der Waals surface area (Å²) in [6.07, 6.45) is 1.24. The van der Waals surface area contributed by atoms with Gasteiger partial charge in [-0.05, 0) is 36.6 Å². The average Bonchev–Trinajstić information content (AvgIpc) is 3.26. The number of nitrogens with one attached hydrogen (secondary N) is 1. The minimum atomic E-state index is -0.436. The number of benzene rings is 1. The van der Waals surface area contributed by atoms with Crippen LogP contribution in [0.2, 0.25) is 0 Å². The molecule has 7 heteroatoms. The number of ether oxygens (including phenoxy) is 1. The van der Waals surface area contributed by atoms with Gasteiger partial charge in [0, 0.05) is 5.69 Å². The largest absolute Gasteiger partial charge is 0.462 e. The molecule has 122 valence electrons. The number of thiophene rings is 1. The Balaban J connectivity index is 1.80. The second-order valence-corrected chi connectivity index (χ2v) is 5.71. The molecule has 0 aliphatic heterocycles. The smallest absolute Gasteiger partial charge is 0.338 e. The van der Waals surface area contributed by atoms with Gasteiger partial charge in [0.15, 0.2) is 17.8 Å². The predicted octanol–water partition coefficient (Wildman–Crippen LogP) is 3.83. The lowest BCUT2D eigenvalue weighted by atomic mass is 10.2. The van der Waals surface area contributed by atoms with Crippen LogP contribution >= 0.6 is 11.3 Å². The number of oxazole rings is 1. The van der Waals surface area contributed by atoms with Crippen LogP contribution in [-0.4, -0.2) is 23.5 Å². The monoisotopic (exact) mass is 342 g/mol. The van der Waals surface area contributed by atoms with Crippen LogP contribution in [0.25, 0.3) is 10.6 Å². The maximum Gasteiger partial charge on any atom is 0.338 e. The lowest BCUT2D eigenvalue weighted by Gasteiger charge is -2.06. The summed E-state index contributed by atoms with van der Waals surface area (Å²) in [4.78, 5) is 29.0. The molecule has 2 aromatic heterocycles. The van der Waals surface area contributed by atoms with E-state index in [1.807, 2.05) is 17.5 Å². The van der Waals surface area contributed by atoms with Crippen LogP contribution in [0.15, 0.2) is 52.6 Å². The van der Waals surface area contributed by atoms with Gasteiger partial charge >= 0.3 is 5.97 Å². The fourth-order valence-electron chi connectivity index (χ4n) is 2.12. The van der Waals surface area contributed by atoms with Crippen LogP contribution in [-0.2, 0) is 4.74 Å². The molecule has 0 fully saturated rings. The van der Waals surface area contributed by atoms with Gasteiger partial charge in [-0.25, -0.2) is 9.78 Å². The number of carbonyl (C=O) groups is 2. The highest BCUT2D eigenvalue weighted by Crippen LogP contribution is 2.28. The lowest BCUT2D eigenvalue weighted by molar-refractivity contribution is 0.0526. The topological polar surface area (TPSA) is 81.4 Å². The molecular weight excluding hydrogens is 328 g/mol. The molecule has 0 bridgehead atoms. The Morgan fingerprint density at radius 2 is 2.17 bits per heavy atom. The molecular formula is C17H14N2O4S. The molecule has 3 rings (SSSR count). The van der Waals surface area contributed by atoms with E-state index in [2.05, 4.69) is 10.3 Å². The van der Waals surface area contributed by atoms with E-state index < -0.39 is 11.9 Å². The van der Waals surface area contributed by atoms with Crippen LogP contribution in [0.1, 0.15) is 27.8 Å². The third-order valence-electron chi connectivity index (χ3n) is 3.16. The average molecular weight is 342 g/mol. The van der Waals surface area contributed by atoms with Crippen molar-refractivity contribution in [3.05, 3.63) is 59.4 Å². The van der Waals surface area contributed by atoms with E-state index in [0.717, 1.165) is 4.88 Å². The summed E-state index contributed by atoms with van der Waals surface area (Å²) in [5.41, 5.74) is 1.04. The fraction of sp³-hybridized carbons (Fsp3) is 0.118. The third kappa shape index (κ3) is 3.36. The Kier molecular flexibility index (Phi) is 4.72. The molecule has 0 spiro atoms. The number of amides is 1. The standard InChI is InChI=1S/C17H14N2O4S/c1-2-22-17(21)11-5-3-6-12(9-11)19-16(20)14-15(23-10-18-14)13-7-4-8-24-13/h3-10H,2H2,1H3,(H,19,20). The molecule has 2 heterocycles. The first-order valence-corrected chi connectivity index (χ1v) is 8.13. The van der Waals surface area contributed by atoms with E-state index in [9.17, 15) is 9.59 Å². The normalized spacial score (nSPS) is 10.4. The lowest BCUT2D eigenvalue weighted by Crippen LogP contribution is -2.14. The molecule has 0 aliphatic carbocycles. The van der Waals surface area contributed by atoms with Crippen LogP contribution in [0.4, 0.5) is 5.69 Å². The molecule has 0 saturated heterocycles. The predicted molar refractivity (Wildman–Crippen MR) is 90.2 cm³/mol. The first-order valence-electron chi connectivity index (χ1n) is 7.25. The highest BCUT2D eigenvalue weighted by molar-refractivity contribution is 7.13. The van der Waals surface area contributed by atoms with Crippen LogP contribution in [0.3, 0.4) is 0 Å². The van der Waals surface area contributed by atoms with Crippen LogP contribution < -0.4 is 5.32 Å². The maximum atomic E-state index is 12.5. The number of carbonyl (C=O) groups excluding carboxylic acids is 2. The first kappa shape index (κ1) is 15.9. The molecule has 0 saturated carbocycles. The first-order chi connectivity index (χ1) is 11.7. The van der Waals surface area contributed by atoms with Gasteiger partial charge in [0.25, 0.3) is 5.91 Å². The van der Waals surface area contributed by atoms with Crippen molar-refractivity contribution in [2.45, 2.75) is 6.92 Å². The summed E-state index contributed by atoms with van der Waals surface area (Å²) in [7, 11) is 0. The molecule has 0 unspecified atom stereocenters. The van der Waals surface area contributed by atoms with E-state index in [1.165, 1.54) is 17.7 Å². The minimum Gasteiger partial charge on any atom is -0.462 e. The van der Waals surface area contributed by atoms with Crippen molar-refractivity contribution in [1.29, 1.82) is 0 Å². The summed E-state index contributed by atoms with van der Waals surface area (Å²) < 4.78 is 10.3. The van der Waals surface area contributed by atoms with Gasteiger partial charge in [-0.1, -0.05) is 12.1 Å². The molecule has 1 N–H and O–H groups in total. The molecule has 3 aromatic rings. The van der Waals surface area contributed by atoms with E-state index in [-0.39, 0.29) is 5.69 Å². The zero-order valence-electron chi connectivity index (χ0n) is 12.8. The minimum absolute atomic E-state index is 0.194. The van der Waals surface area contributed by atoms with E-state index in [4.69, 9.17) is 9.15 Å². The summed E-state index contributed by atoms with van der Waals surface area (Å²) in [6, 6.07) is 10.3. The van der Waals surface area contributed by atoms with Crippen molar-refractivity contribution in [2.24, 2.45) is 0 Å². The van der Waals surface area contributed by atoms with Gasteiger partial charge in [0.1, 0.15) is 0 Å². The van der Waals surface area contributed by atoms with Crippen molar-refractivity contribution in [1.82, 2.24) is 4.98 Å². The molecule has 6 nitrogen and oxygen atoms in total. The van der Waals surface area contributed by atoms with Crippen LogP contribution in [0, 0.1) is 0 Å². The second kappa shape index (κ2) is 7.10. The van der Waals surface area contributed by atoms with Crippen molar-refractivity contribution >= 4 is 28.9 Å². The number of rotatable bonds is 5. The number of hydrogen-bond donors (Lipinski definition) is 1. The number of nitrogens with zero attached hydrogens (tertiary/aromatic N) is 1. The van der Waals surface area contributed by atoms with Crippen molar-refractivity contribution in [3.8, 4) is 10.6 Å². The maximum absolute atomic E-state index is 12.5. The third-order valence-corrected chi connectivity index (χ3v) is 4.03. The Morgan fingerprint density at radius 3 is 2.92 bits per heavy atom. The van der Waals surface area contributed by atoms with Gasteiger partial charge in [-0.15, -0.1) is 11.3 Å². The summed E-state index contributed by atoms with van der Waals surface area (Å²) >= 11 is 1.46. The van der Waals surface area contributed by atoms with Crippen molar-refractivity contribution in [2.75, 3.05) is 11.9 Å². The quantitative estimate of drug-likeness (QED) is 0.713. The van der Waals surface area contributed by atoms with Crippen molar-refractivity contribution < 1.29 is 18.7 Å². The number of esters is 1. The zero-order chi connectivity index (χ0) is 16.9. The Hall–Kier alpha value is -2.93. The number of anilines is 1. The highest BCUT2D eigenvalue weighted by Gasteiger charge is 2.19. The van der Waals surface area contributed by atoms with Gasteiger partial charge in [0.2, 0.25) is 0 Å². The molecule has 0 aliphatic rings. The van der Waals surface area contributed by atoms with E-state index in [1.54, 1.807) is 31.2 Å².